The molecule has 0 bridgehead atoms. The summed E-state index contributed by atoms with van der Waals surface area (Å²) in [6.45, 7) is 4.23. The SMILES string of the molecule is COc1ccc(C(C)=O)cc1COC(=O)c1cc(S(=O)(=O)N2CCOCC2)ccc1C. The molecule has 3 rings (SSSR count). The zero-order valence-electron chi connectivity index (χ0n) is 17.7. The van der Waals surface area contributed by atoms with Crippen LogP contribution < -0.4 is 4.74 Å². The number of rotatable bonds is 7. The van der Waals surface area contributed by atoms with Gasteiger partial charge in [-0.15, -0.1) is 0 Å². The summed E-state index contributed by atoms with van der Waals surface area (Å²) in [6.07, 6.45) is 0. The van der Waals surface area contributed by atoms with Crippen LogP contribution in [0.4, 0.5) is 0 Å². The van der Waals surface area contributed by atoms with Crippen LogP contribution in [-0.4, -0.2) is 57.9 Å². The Kier molecular flexibility index (Phi) is 7.09. The third-order valence-corrected chi connectivity index (χ3v) is 6.98. The fourth-order valence-electron chi connectivity index (χ4n) is 3.25. The van der Waals surface area contributed by atoms with Gasteiger partial charge in [-0.2, -0.15) is 4.31 Å². The first-order valence-corrected chi connectivity index (χ1v) is 11.2. The van der Waals surface area contributed by atoms with Gasteiger partial charge in [0.05, 0.1) is 30.8 Å². The predicted molar refractivity (Wildman–Crippen MR) is 113 cm³/mol. The molecular weight excluding hydrogens is 422 g/mol. The van der Waals surface area contributed by atoms with Crippen LogP contribution in [0.5, 0.6) is 5.75 Å². The molecule has 0 aliphatic carbocycles. The number of esters is 1. The maximum Gasteiger partial charge on any atom is 0.338 e. The quantitative estimate of drug-likeness (QED) is 0.475. The van der Waals surface area contributed by atoms with Crippen molar-refractivity contribution in [1.29, 1.82) is 0 Å². The number of ether oxygens (including phenoxy) is 3. The van der Waals surface area contributed by atoms with E-state index in [1.165, 1.54) is 30.5 Å². The van der Waals surface area contributed by atoms with Crippen LogP contribution in [0.25, 0.3) is 0 Å². The Labute approximate surface area is 181 Å². The maximum absolute atomic E-state index is 12.9. The number of hydrogen-bond donors (Lipinski definition) is 0. The van der Waals surface area contributed by atoms with E-state index in [4.69, 9.17) is 14.2 Å². The topological polar surface area (TPSA) is 99.2 Å². The molecule has 0 atom stereocenters. The molecule has 31 heavy (non-hydrogen) atoms. The van der Waals surface area contributed by atoms with E-state index in [2.05, 4.69) is 0 Å². The summed E-state index contributed by atoms with van der Waals surface area (Å²) in [6, 6.07) is 9.29. The highest BCUT2D eigenvalue weighted by Crippen LogP contribution is 2.24. The molecule has 0 saturated carbocycles. The highest BCUT2D eigenvalue weighted by Gasteiger charge is 2.27. The van der Waals surface area contributed by atoms with Gasteiger partial charge in [0, 0.05) is 24.2 Å². The van der Waals surface area contributed by atoms with Gasteiger partial charge in [-0.25, -0.2) is 13.2 Å². The predicted octanol–water partition coefficient (Wildman–Crippen LogP) is 2.58. The van der Waals surface area contributed by atoms with Gasteiger partial charge in [-0.3, -0.25) is 4.79 Å². The first kappa shape index (κ1) is 22.9. The monoisotopic (exact) mass is 447 g/mol. The first-order chi connectivity index (χ1) is 14.7. The fraction of sp³-hybridized carbons (Fsp3) is 0.364. The Hall–Kier alpha value is -2.75. The summed E-state index contributed by atoms with van der Waals surface area (Å²) < 4.78 is 43.1. The lowest BCUT2D eigenvalue weighted by Gasteiger charge is -2.26. The van der Waals surface area contributed by atoms with Crippen LogP contribution >= 0.6 is 0 Å². The van der Waals surface area contributed by atoms with Crippen molar-refractivity contribution in [2.75, 3.05) is 33.4 Å². The second-order valence-electron chi connectivity index (χ2n) is 7.15. The number of aryl methyl sites for hydroxylation is 1. The second kappa shape index (κ2) is 9.59. The molecule has 0 N–H and O–H groups in total. The molecule has 1 saturated heterocycles. The Bertz CT molecular complexity index is 1090. The number of methoxy groups -OCH3 is 1. The van der Waals surface area contributed by atoms with Crippen LogP contribution in [0, 0.1) is 6.92 Å². The highest BCUT2D eigenvalue weighted by molar-refractivity contribution is 7.89. The average molecular weight is 448 g/mol. The van der Waals surface area contributed by atoms with E-state index < -0.39 is 16.0 Å². The molecule has 0 amide bonds. The van der Waals surface area contributed by atoms with Crippen LogP contribution in [0.1, 0.15) is 38.8 Å². The van der Waals surface area contributed by atoms with Crippen LogP contribution in [0.15, 0.2) is 41.3 Å². The van der Waals surface area contributed by atoms with Crippen molar-refractivity contribution >= 4 is 21.8 Å². The number of sulfonamides is 1. The minimum atomic E-state index is -3.74. The van der Waals surface area contributed by atoms with Gasteiger partial charge in [-0.1, -0.05) is 6.07 Å². The highest BCUT2D eigenvalue weighted by atomic mass is 32.2. The van der Waals surface area contributed by atoms with Crippen molar-refractivity contribution in [1.82, 2.24) is 4.31 Å². The van der Waals surface area contributed by atoms with Gasteiger partial charge in [0.25, 0.3) is 0 Å². The second-order valence-corrected chi connectivity index (χ2v) is 9.09. The number of nitrogens with zero attached hydrogens (tertiary/aromatic N) is 1. The van der Waals surface area contributed by atoms with Gasteiger partial charge in [0.1, 0.15) is 12.4 Å². The molecule has 8 nitrogen and oxygen atoms in total. The Morgan fingerprint density at radius 2 is 1.81 bits per heavy atom. The zero-order valence-corrected chi connectivity index (χ0v) is 18.5. The molecular formula is C22H25NO7S. The summed E-state index contributed by atoms with van der Waals surface area (Å²) in [5.41, 5.74) is 1.77. The summed E-state index contributed by atoms with van der Waals surface area (Å²) >= 11 is 0. The van der Waals surface area contributed by atoms with E-state index in [1.54, 1.807) is 31.2 Å². The van der Waals surface area contributed by atoms with Gasteiger partial charge in [0.2, 0.25) is 10.0 Å². The number of carbonyl (C=O) groups excluding carboxylic acids is 2. The summed E-state index contributed by atoms with van der Waals surface area (Å²) in [4.78, 5) is 24.4. The number of Topliss-reactive ketones (excluding diaryl/α,β-unsaturated/α-hetero) is 1. The van der Waals surface area contributed by atoms with Crippen molar-refractivity contribution in [3.63, 3.8) is 0 Å². The van der Waals surface area contributed by atoms with Crippen molar-refractivity contribution in [3.05, 3.63) is 58.7 Å². The van der Waals surface area contributed by atoms with Gasteiger partial charge < -0.3 is 14.2 Å². The number of carbonyl (C=O) groups is 2. The molecule has 1 fully saturated rings. The summed E-state index contributed by atoms with van der Waals surface area (Å²) in [7, 11) is -2.26. The Morgan fingerprint density at radius 3 is 2.45 bits per heavy atom. The van der Waals surface area contributed by atoms with Crippen molar-refractivity contribution in [3.8, 4) is 5.75 Å². The van der Waals surface area contributed by atoms with Crippen LogP contribution in [0.2, 0.25) is 0 Å². The fourth-order valence-corrected chi connectivity index (χ4v) is 4.68. The Balaban J connectivity index is 1.82. The molecule has 1 aliphatic heterocycles. The lowest BCUT2D eigenvalue weighted by atomic mass is 10.1. The van der Waals surface area contributed by atoms with E-state index in [-0.39, 0.29) is 35.9 Å². The van der Waals surface area contributed by atoms with Crippen LogP contribution in [-0.2, 0) is 26.1 Å². The van der Waals surface area contributed by atoms with Crippen molar-refractivity contribution in [2.24, 2.45) is 0 Å². The minimum absolute atomic E-state index is 0.0307. The molecule has 0 radical (unpaired) electrons. The standard InChI is InChI=1S/C22H25NO7S/c1-15-4-6-19(31(26,27)23-8-10-29-11-9-23)13-20(15)22(25)30-14-18-12-17(16(2)24)5-7-21(18)28-3/h4-7,12-13H,8-11,14H2,1-3H3. The molecule has 1 aliphatic rings. The average Bonchev–Trinajstić information content (AvgIpc) is 2.77. The molecule has 166 valence electrons. The van der Waals surface area contributed by atoms with E-state index in [0.717, 1.165) is 0 Å². The number of ketones is 1. The van der Waals surface area contributed by atoms with Gasteiger partial charge >= 0.3 is 5.97 Å². The molecule has 2 aromatic carbocycles. The molecule has 0 unspecified atom stereocenters. The zero-order chi connectivity index (χ0) is 22.6. The van der Waals surface area contributed by atoms with E-state index in [0.29, 0.717) is 35.7 Å². The van der Waals surface area contributed by atoms with E-state index in [1.807, 2.05) is 0 Å². The Morgan fingerprint density at radius 1 is 1.10 bits per heavy atom. The summed E-state index contributed by atoms with van der Waals surface area (Å²) in [5, 5.41) is 0. The molecule has 1 heterocycles. The minimum Gasteiger partial charge on any atom is -0.496 e. The maximum atomic E-state index is 12.9. The van der Waals surface area contributed by atoms with E-state index in [9.17, 15) is 18.0 Å². The number of benzene rings is 2. The smallest absolute Gasteiger partial charge is 0.338 e. The van der Waals surface area contributed by atoms with E-state index >= 15 is 0 Å². The third-order valence-electron chi connectivity index (χ3n) is 5.08. The molecule has 2 aromatic rings. The largest absolute Gasteiger partial charge is 0.496 e. The molecule has 0 spiro atoms. The molecule has 0 aromatic heterocycles. The number of hydrogen-bond acceptors (Lipinski definition) is 7. The van der Waals surface area contributed by atoms with Gasteiger partial charge in [0.15, 0.2) is 5.78 Å². The number of morpholine rings is 1. The van der Waals surface area contributed by atoms with Gasteiger partial charge in [-0.05, 0) is 49.7 Å². The summed E-state index contributed by atoms with van der Waals surface area (Å²) in [5.74, 6) is -0.294. The van der Waals surface area contributed by atoms with Crippen LogP contribution in [0.3, 0.4) is 0 Å². The van der Waals surface area contributed by atoms with Crippen molar-refractivity contribution in [2.45, 2.75) is 25.3 Å². The lowest BCUT2D eigenvalue weighted by Crippen LogP contribution is -2.40. The third kappa shape index (κ3) is 5.12. The van der Waals surface area contributed by atoms with Crippen molar-refractivity contribution < 1.29 is 32.2 Å². The lowest BCUT2D eigenvalue weighted by molar-refractivity contribution is 0.0469. The normalized spacial score (nSPS) is 14.8. The first-order valence-electron chi connectivity index (χ1n) is 9.77. The molecule has 9 heteroatoms.